The molecule has 1 amide bonds. The van der Waals surface area contributed by atoms with Gasteiger partial charge in [0.2, 0.25) is 0 Å². The summed E-state index contributed by atoms with van der Waals surface area (Å²) in [6, 6.07) is 5.69. The third kappa shape index (κ3) is 4.70. The summed E-state index contributed by atoms with van der Waals surface area (Å²) < 4.78 is 7.59. The van der Waals surface area contributed by atoms with Crippen LogP contribution in [0.3, 0.4) is 0 Å². The minimum absolute atomic E-state index is 0.129. The van der Waals surface area contributed by atoms with Gasteiger partial charge < -0.3 is 9.32 Å². The zero-order chi connectivity index (χ0) is 24.2. The minimum Gasteiger partial charge on any atom is -0.467 e. The van der Waals surface area contributed by atoms with Gasteiger partial charge in [-0.3, -0.25) is 19.1 Å². The zero-order valence-electron chi connectivity index (χ0n) is 19.5. The van der Waals surface area contributed by atoms with Crippen molar-refractivity contribution in [3.8, 4) is 6.07 Å². The van der Waals surface area contributed by atoms with Gasteiger partial charge in [0.25, 0.3) is 11.5 Å². The number of amides is 1. The summed E-state index contributed by atoms with van der Waals surface area (Å²) in [4.78, 5) is 30.8. The Morgan fingerprint density at radius 2 is 1.97 bits per heavy atom. The number of thiocarbonyl (C=S) groups is 1. The van der Waals surface area contributed by atoms with E-state index in [2.05, 4.69) is 11.0 Å². The van der Waals surface area contributed by atoms with Gasteiger partial charge in [-0.1, -0.05) is 43.7 Å². The molecule has 34 heavy (non-hydrogen) atoms. The Balaban J connectivity index is 1.84. The highest BCUT2D eigenvalue weighted by Crippen LogP contribution is 2.37. The molecule has 0 saturated carbocycles. The van der Waals surface area contributed by atoms with Gasteiger partial charge in [-0.15, -0.1) is 0 Å². The molecule has 0 N–H and O–H groups in total. The Hall–Kier alpha value is -2.83. The molecule has 178 valence electrons. The number of rotatable bonds is 6. The number of thioether (sulfide) groups is 1. The topological polar surface area (TPSA) is 82.5 Å². The number of nitrogens with zero attached hydrogens (tertiary/aromatic N) is 4. The van der Waals surface area contributed by atoms with Gasteiger partial charge in [-0.05, 0) is 50.0 Å². The summed E-state index contributed by atoms with van der Waals surface area (Å²) in [6.45, 7) is 6.28. The first-order valence-electron chi connectivity index (χ1n) is 11.7. The van der Waals surface area contributed by atoms with Gasteiger partial charge in [0, 0.05) is 25.2 Å². The van der Waals surface area contributed by atoms with Crippen molar-refractivity contribution >= 4 is 46.1 Å². The van der Waals surface area contributed by atoms with Crippen LogP contribution in [0.1, 0.15) is 61.5 Å². The highest BCUT2D eigenvalue weighted by atomic mass is 32.2. The zero-order valence-corrected chi connectivity index (χ0v) is 21.1. The maximum Gasteiger partial charge on any atom is 0.270 e. The minimum atomic E-state index is -0.261. The second kappa shape index (κ2) is 10.6. The van der Waals surface area contributed by atoms with Crippen molar-refractivity contribution in [1.29, 1.82) is 5.26 Å². The summed E-state index contributed by atoms with van der Waals surface area (Å²) in [7, 11) is 0. The summed E-state index contributed by atoms with van der Waals surface area (Å²) in [6.07, 6.45) is 8.56. The van der Waals surface area contributed by atoms with Crippen LogP contribution in [0.4, 0.5) is 5.82 Å². The fourth-order valence-electron chi connectivity index (χ4n) is 4.52. The fraction of sp³-hybridized carbons (Fsp3) is 0.440. The molecular formula is C25H28N4O3S2. The van der Waals surface area contributed by atoms with Crippen LogP contribution in [-0.2, 0) is 17.9 Å². The SMILES string of the molecule is CCCn1c(N2CCCCCC2)c(/C=C2\SC(=S)N(Cc3ccco3)C2=O)c(C)c(C#N)c1=O. The molecule has 0 aliphatic carbocycles. The number of carbonyl (C=O) groups is 1. The van der Waals surface area contributed by atoms with Crippen LogP contribution in [0.15, 0.2) is 32.5 Å². The van der Waals surface area contributed by atoms with Crippen molar-refractivity contribution in [2.24, 2.45) is 0 Å². The Labute approximate surface area is 209 Å². The van der Waals surface area contributed by atoms with Crippen molar-refractivity contribution in [1.82, 2.24) is 9.47 Å². The Morgan fingerprint density at radius 3 is 2.59 bits per heavy atom. The second-order valence-electron chi connectivity index (χ2n) is 8.55. The van der Waals surface area contributed by atoms with E-state index in [-0.39, 0.29) is 23.6 Å². The van der Waals surface area contributed by atoms with Crippen molar-refractivity contribution in [2.45, 2.75) is 59.0 Å². The van der Waals surface area contributed by atoms with Gasteiger partial charge in [-0.25, -0.2) is 0 Å². The van der Waals surface area contributed by atoms with Crippen LogP contribution < -0.4 is 10.5 Å². The first-order chi connectivity index (χ1) is 16.5. The fourth-order valence-corrected chi connectivity index (χ4v) is 5.76. The second-order valence-corrected chi connectivity index (χ2v) is 10.2. The average molecular weight is 497 g/mol. The van der Waals surface area contributed by atoms with E-state index in [0.717, 1.165) is 56.6 Å². The molecule has 2 saturated heterocycles. The Kier molecular flexibility index (Phi) is 7.59. The van der Waals surface area contributed by atoms with Crippen molar-refractivity contribution in [3.63, 3.8) is 0 Å². The first kappa shape index (κ1) is 24.3. The molecule has 4 rings (SSSR count). The lowest BCUT2D eigenvalue weighted by Gasteiger charge is -2.29. The highest BCUT2D eigenvalue weighted by Gasteiger charge is 2.34. The van der Waals surface area contributed by atoms with E-state index in [0.29, 0.717) is 27.1 Å². The van der Waals surface area contributed by atoms with E-state index in [1.165, 1.54) is 16.7 Å². The normalized spacial score (nSPS) is 18.0. The van der Waals surface area contributed by atoms with E-state index >= 15 is 0 Å². The van der Waals surface area contributed by atoms with Crippen molar-refractivity contribution < 1.29 is 9.21 Å². The molecule has 2 aromatic rings. The molecule has 2 fully saturated rings. The molecule has 2 aliphatic rings. The van der Waals surface area contributed by atoms with Gasteiger partial charge >= 0.3 is 0 Å². The number of pyridine rings is 1. The van der Waals surface area contributed by atoms with Crippen molar-refractivity contribution in [2.75, 3.05) is 18.0 Å². The number of aromatic nitrogens is 1. The Bertz CT molecular complexity index is 1220. The number of furan rings is 1. The van der Waals surface area contributed by atoms with Gasteiger partial charge in [0.05, 0.1) is 17.7 Å². The van der Waals surface area contributed by atoms with Crippen LogP contribution in [0.25, 0.3) is 6.08 Å². The number of nitriles is 1. The van der Waals surface area contributed by atoms with E-state index in [9.17, 15) is 14.9 Å². The maximum atomic E-state index is 13.3. The average Bonchev–Trinajstić information content (AvgIpc) is 3.32. The molecule has 0 unspecified atom stereocenters. The number of carbonyl (C=O) groups excluding carboxylic acids is 1. The number of hydrogen-bond acceptors (Lipinski definition) is 7. The maximum absolute atomic E-state index is 13.3. The van der Waals surface area contributed by atoms with E-state index < -0.39 is 0 Å². The first-order valence-corrected chi connectivity index (χ1v) is 12.9. The lowest BCUT2D eigenvalue weighted by Crippen LogP contribution is -2.35. The highest BCUT2D eigenvalue weighted by molar-refractivity contribution is 8.26. The molecule has 0 atom stereocenters. The third-order valence-electron chi connectivity index (χ3n) is 6.24. The molecule has 7 nitrogen and oxygen atoms in total. The van der Waals surface area contributed by atoms with Gasteiger partial charge in [0.1, 0.15) is 27.5 Å². The molecule has 0 aromatic carbocycles. The lowest BCUT2D eigenvalue weighted by atomic mass is 10.0. The predicted molar refractivity (Wildman–Crippen MR) is 139 cm³/mol. The summed E-state index contributed by atoms with van der Waals surface area (Å²) in [5.74, 6) is 1.27. The largest absolute Gasteiger partial charge is 0.467 e. The lowest BCUT2D eigenvalue weighted by molar-refractivity contribution is -0.122. The quantitative estimate of drug-likeness (QED) is 0.419. The van der Waals surface area contributed by atoms with Crippen LogP contribution in [0.2, 0.25) is 0 Å². The van der Waals surface area contributed by atoms with Gasteiger partial charge in [0.15, 0.2) is 0 Å². The molecule has 0 spiro atoms. The summed E-state index contributed by atoms with van der Waals surface area (Å²) in [5, 5.41) is 9.79. The molecular weight excluding hydrogens is 468 g/mol. The summed E-state index contributed by atoms with van der Waals surface area (Å²) in [5.41, 5.74) is 1.23. The molecule has 4 heterocycles. The molecule has 0 bridgehead atoms. The predicted octanol–water partition coefficient (Wildman–Crippen LogP) is 4.81. The van der Waals surface area contributed by atoms with E-state index in [1.807, 2.05) is 19.1 Å². The van der Waals surface area contributed by atoms with Gasteiger partial charge in [-0.2, -0.15) is 5.26 Å². The third-order valence-corrected chi connectivity index (χ3v) is 7.62. The van der Waals surface area contributed by atoms with Crippen molar-refractivity contribution in [3.05, 3.63) is 56.1 Å². The monoisotopic (exact) mass is 496 g/mol. The number of hydrogen-bond donors (Lipinski definition) is 0. The molecule has 2 aromatic heterocycles. The smallest absolute Gasteiger partial charge is 0.270 e. The standard InChI is InChI=1S/C25H28N4O3S2/c1-3-10-28-22(27-11-6-4-5-7-12-27)19(17(2)20(15-26)23(28)30)14-21-24(31)29(25(33)34-21)16-18-9-8-13-32-18/h8-9,13-14H,3-7,10-12,16H2,1-2H3/b21-14-. The van der Waals surface area contributed by atoms with E-state index in [4.69, 9.17) is 16.6 Å². The van der Waals surface area contributed by atoms with Crippen LogP contribution in [0.5, 0.6) is 0 Å². The van der Waals surface area contributed by atoms with E-state index in [1.54, 1.807) is 23.8 Å². The molecule has 0 radical (unpaired) electrons. The molecule has 2 aliphatic heterocycles. The summed E-state index contributed by atoms with van der Waals surface area (Å²) >= 11 is 6.74. The van der Waals surface area contributed by atoms with Crippen LogP contribution in [0, 0.1) is 18.3 Å². The Morgan fingerprint density at radius 1 is 1.24 bits per heavy atom. The molecule has 9 heteroatoms. The van der Waals surface area contributed by atoms with Crippen LogP contribution in [-0.4, -0.2) is 32.8 Å². The van der Waals surface area contributed by atoms with Crippen LogP contribution >= 0.6 is 24.0 Å². The number of anilines is 1.